The molecule has 0 spiro atoms. The molecular weight excluding hydrogens is 321 g/mol. The van der Waals surface area contributed by atoms with Crippen molar-refractivity contribution >= 4 is 11.6 Å². The lowest BCUT2D eigenvalue weighted by atomic mass is 10.1. The van der Waals surface area contributed by atoms with Crippen molar-refractivity contribution in [3.63, 3.8) is 0 Å². The van der Waals surface area contributed by atoms with E-state index in [1.54, 1.807) is 0 Å². The Hall–Kier alpha value is -2.07. The highest BCUT2D eigenvalue weighted by molar-refractivity contribution is 5.78. The fourth-order valence-electron chi connectivity index (χ4n) is 1.65. The molecule has 0 radical (unpaired) electrons. The van der Waals surface area contributed by atoms with E-state index in [2.05, 4.69) is 0 Å². The van der Waals surface area contributed by atoms with Crippen molar-refractivity contribution in [1.82, 2.24) is 4.57 Å². The number of halogens is 6. The van der Waals surface area contributed by atoms with Crippen molar-refractivity contribution in [2.45, 2.75) is 38.2 Å². The molecule has 0 bridgehead atoms. The largest absolute Gasteiger partial charge is 0.453 e. The molecule has 0 aliphatic heterocycles. The highest BCUT2D eigenvalue weighted by Crippen LogP contribution is 2.38. The van der Waals surface area contributed by atoms with Gasteiger partial charge in [0.25, 0.3) is 0 Å². The van der Waals surface area contributed by atoms with Crippen LogP contribution in [0, 0.1) is 10.1 Å². The number of carbonyl (C=O) groups excluding carboxylic acids is 1. The van der Waals surface area contributed by atoms with E-state index in [4.69, 9.17) is 0 Å². The van der Waals surface area contributed by atoms with Gasteiger partial charge in [0.15, 0.2) is 12.5 Å². The van der Waals surface area contributed by atoms with E-state index < -0.39 is 54.7 Å². The smallest absolute Gasteiger partial charge is 0.358 e. The van der Waals surface area contributed by atoms with E-state index in [0.29, 0.717) is 4.57 Å². The number of aromatic nitrogens is 1. The number of hydrogen-bond acceptors (Lipinski definition) is 3. The minimum Gasteiger partial charge on any atom is -0.358 e. The van der Waals surface area contributed by atoms with Crippen LogP contribution in [0.4, 0.5) is 32.2 Å². The molecule has 0 saturated heterocycles. The van der Waals surface area contributed by atoms with Crippen molar-refractivity contribution in [3.8, 4) is 0 Å². The van der Waals surface area contributed by atoms with Crippen molar-refractivity contribution in [2.24, 2.45) is 0 Å². The van der Waals surface area contributed by atoms with Gasteiger partial charge in [-0.05, 0) is 11.0 Å². The van der Waals surface area contributed by atoms with Gasteiger partial charge in [-0.25, -0.2) is 8.96 Å². The number of alkyl halides is 6. The predicted molar refractivity (Wildman–Crippen MR) is 61.1 cm³/mol. The molecule has 0 unspecified atom stereocenters. The summed E-state index contributed by atoms with van der Waals surface area (Å²) in [5.41, 5.74) is -0.248. The Morgan fingerprint density at radius 2 is 1.82 bits per heavy atom. The van der Waals surface area contributed by atoms with Gasteiger partial charge >= 0.3 is 17.9 Å². The van der Waals surface area contributed by atoms with E-state index in [1.807, 2.05) is 0 Å². The lowest BCUT2D eigenvalue weighted by Gasteiger charge is -2.18. The van der Waals surface area contributed by atoms with Crippen LogP contribution in [0.2, 0.25) is 0 Å². The zero-order valence-corrected chi connectivity index (χ0v) is 10.9. The second kappa shape index (κ2) is 6.36. The van der Waals surface area contributed by atoms with Crippen LogP contribution in [0.5, 0.6) is 0 Å². The zero-order chi connectivity index (χ0) is 17.1. The average Bonchev–Trinajstić information content (AvgIpc) is 2.78. The molecule has 1 heterocycles. The molecule has 0 atom stereocenters. The first-order chi connectivity index (χ1) is 9.99. The summed E-state index contributed by atoms with van der Waals surface area (Å²) in [6.07, 6.45) is -8.69. The van der Waals surface area contributed by atoms with Crippen molar-refractivity contribution in [3.05, 3.63) is 27.9 Å². The Labute approximate surface area is 119 Å². The molecule has 0 aliphatic rings. The molecule has 1 rings (SSSR count). The van der Waals surface area contributed by atoms with Gasteiger partial charge in [-0.15, -0.1) is 0 Å². The minimum atomic E-state index is -5.78. The van der Waals surface area contributed by atoms with Crippen LogP contribution in [-0.2, 0) is 18.0 Å². The third-order valence-corrected chi connectivity index (χ3v) is 2.84. The van der Waals surface area contributed by atoms with Crippen molar-refractivity contribution < 1.29 is 36.1 Å². The van der Waals surface area contributed by atoms with Gasteiger partial charge in [-0.3, -0.25) is 4.79 Å². The Kier molecular flexibility index (Phi) is 5.20. The molecular formula is C11H10F6N2O3. The Balaban J connectivity index is 2.78. The number of nitro groups is 1. The highest BCUT2D eigenvalue weighted by Gasteiger charge is 2.56. The van der Waals surface area contributed by atoms with E-state index in [-0.39, 0.29) is 5.69 Å². The average molecular weight is 331 g/mol. The lowest BCUT2D eigenvalue weighted by molar-refractivity contribution is -0.392. The predicted octanol–water partition coefficient (Wildman–Crippen LogP) is 3.41. The second-order valence-electron chi connectivity index (χ2n) is 4.40. The lowest BCUT2D eigenvalue weighted by Crippen LogP contribution is -2.36. The van der Waals surface area contributed by atoms with Gasteiger partial charge in [0.1, 0.15) is 12.2 Å². The fourth-order valence-corrected chi connectivity index (χ4v) is 1.65. The van der Waals surface area contributed by atoms with Gasteiger partial charge in [0, 0.05) is 18.9 Å². The molecule has 22 heavy (non-hydrogen) atoms. The molecule has 1 aromatic rings. The van der Waals surface area contributed by atoms with Gasteiger partial charge in [0.05, 0.1) is 0 Å². The monoisotopic (exact) mass is 331 g/mol. The summed E-state index contributed by atoms with van der Waals surface area (Å²) >= 11 is 0. The number of Topliss-reactive ketones (excluding diaryl/α,β-unsaturated/α-hetero) is 1. The summed E-state index contributed by atoms with van der Waals surface area (Å²) in [7, 11) is 0. The van der Waals surface area contributed by atoms with Gasteiger partial charge in [0.2, 0.25) is 0 Å². The van der Waals surface area contributed by atoms with Gasteiger partial charge in [-0.2, -0.15) is 22.0 Å². The van der Waals surface area contributed by atoms with Crippen LogP contribution in [0.25, 0.3) is 0 Å². The third kappa shape index (κ3) is 3.98. The summed E-state index contributed by atoms with van der Waals surface area (Å²) in [6, 6.07) is 1.93. The topological polar surface area (TPSA) is 65.1 Å². The second-order valence-corrected chi connectivity index (χ2v) is 4.40. The van der Waals surface area contributed by atoms with Crippen LogP contribution in [0.15, 0.2) is 12.1 Å². The SMILES string of the molecule is O=C(CCC(F)(F)C(F)(F)F)Cn1c(C[18F])ccc1[N+](=O)[O-]. The maximum Gasteiger partial charge on any atom is 0.453 e. The molecule has 0 aliphatic carbocycles. The van der Waals surface area contributed by atoms with E-state index in [1.165, 1.54) is 0 Å². The van der Waals surface area contributed by atoms with Crippen LogP contribution in [0.1, 0.15) is 18.5 Å². The summed E-state index contributed by atoms with van der Waals surface area (Å²) < 4.78 is 74.4. The first-order valence-electron chi connectivity index (χ1n) is 5.84. The van der Waals surface area contributed by atoms with Crippen LogP contribution < -0.4 is 0 Å². The molecule has 124 valence electrons. The van der Waals surface area contributed by atoms with Crippen LogP contribution >= 0.6 is 0 Å². The van der Waals surface area contributed by atoms with Gasteiger partial charge in [-0.1, -0.05) is 0 Å². The Bertz CT molecular complexity index is 567. The van der Waals surface area contributed by atoms with Crippen molar-refractivity contribution in [2.75, 3.05) is 0 Å². The van der Waals surface area contributed by atoms with E-state index in [0.717, 1.165) is 12.1 Å². The molecule has 1 aromatic heterocycles. The van der Waals surface area contributed by atoms with Gasteiger partial charge < -0.3 is 10.1 Å². The Morgan fingerprint density at radius 1 is 1.23 bits per heavy atom. The quantitative estimate of drug-likeness (QED) is 0.437. The van der Waals surface area contributed by atoms with E-state index in [9.17, 15) is 41.3 Å². The molecule has 5 nitrogen and oxygen atoms in total. The summed E-state index contributed by atoms with van der Waals surface area (Å²) in [4.78, 5) is 21.2. The summed E-state index contributed by atoms with van der Waals surface area (Å²) in [6.45, 7) is -2.00. The standard InChI is InChI=1S/C11H10F6N2O3/c12-5-7-1-2-9(19(21)22)18(7)6-8(20)3-4-10(13,14)11(15,16)17/h1-2H,3-6H2/i12-1. The molecule has 0 amide bonds. The highest BCUT2D eigenvalue weighted by atomic mass is 19.4. The molecule has 0 fully saturated rings. The maximum atomic E-state index is 12.7. The van der Waals surface area contributed by atoms with E-state index >= 15 is 0 Å². The number of hydrogen-bond donors (Lipinski definition) is 0. The molecule has 0 aromatic carbocycles. The zero-order valence-electron chi connectivity index (χ0n) is 10.9. The van der Waals surface area contributed by atoms with Crippen LogP contribution in [0.3, 0.4) is 0 Å². The van der Waals surface area contributed by atoms with Crippen LogP contribution in [-0.4, -0.2) is 27.4 Å². The van der Waals surface area contributed by atoms with Crippen molar-refractivity contribution in [1.29, 1.82) is 0 Å². The summed E-state index contributed by atoms with van der Waals surface area (Å²) in [5, 5.41) is 10.7. The maximum absolute atomic E-state index is 12.7. The fraction of sp³-hybridized carbons (Fsp3) is 0.545. The number of carbonyl (C=O) groups is 1. The Morgan fingerprint density at radius 3 is 2.27 bits per heavy atom. The molecule has 11 heteroatoms. The molecule has 0 N–H and O–H groups in total. The first kappa shape index (κ1) is 18.0. The first-order valence-corrected chi connectivity index (χ1v) is 5.84. The number of nitrogens with zero attached hydrogens (tertiary/aromatic N) is 2. The number of rotatable bonds is 7. The third-order valence-electron chi connectivity index (χ3n) is 2.84. The summed E-state index contributed by atoms with van der Waals surface area (Å²) in [5.74, 6) is -6.78. The minimum absolute atomic E-state index is 0.248. The number of ketones is 1. The normalized spacial score (nSPS) is 12.5. The molecule has 0 saturated carbocycles.